The molecule has 85 valence electrons. The van der Waals surface area contributed by atoms with Gasteiger partial charge in [0.15, 0.2) is 0 Å². The van der Waals surface area contributed by atoms with E-state index in [1.165, 1.54) is 0 Å². The average Bonchev–Trinajstić information content (AvgIpc) is 2.38. The summed E-state index contributed by atoms with van der Waals surface area (Å²) < 4.78 is 5.46. The molecule has 1 atom stereocenters. The van der Waals surface area contributed by atoms with Crippen molar-refractivity contribution in [3.8, 4) is 0 Å². The molecule has 1 fully saturated rings. The van der Waals surface area contributed by atoms with Crippen LogP contribution < -0.4 is 10.6 Å². The largest absolute Gasteiger partial charge is 0.374 e. The van der Waals surface area contributed by atoms with E-state index in [4.69, 9.17) is 4.74 Å². The number of hydrogen-bond acceptors (Lipinski definition) is 2. The molecule has 4 heteroatoms. The summed E-state index contributed by atoms with van der Waals surface area (Å²) in [5, 5.41) is 7.08. The molecule has 0 bridgehead atoms. The number of nitrogens with zero attached hydrogens (tertiary/aromatic N) is 1. The first-order valence-electron chi connectivity index (χ1n) is 5.44. The van der Waals surface area contributed by atoms with E-state index >= 15 is 0 Å². The first-order chi connectivity index (χ1) is 7.86. The van der Waals surface area contributed by atoms with Gasteiger partial charge in [-0.2, -0.15) is 0 Å². The summed E-state index contributed by atoms with van der Waals surface area (Å²) in [5.74, 6) is -0.0604. The highest BCUT2D eigenvalue weighted by Crippen LogP contribution is 1.99. The third-order valence-corrected chi connectivity index (χ3v) is 2.46. The van der Waals surface area contributed by atoms with E-state index in [1.54, 1.807) is 12.1 Å². The van der Waals surface area contributed by atoms with E-state index < -0.39 is 0 Å². The predicted octanol–water partition coefficient (Wildman–Crippen LogP) is 0.420. The van der Waals surface area contributed by atoms with Gasteiger partial charge in [-0.05, 0) is 12.1 Å². The molecular formula is C12H15N2O2. The van der Waals surface area contributed by atoms with E-state index in [0.717, 1.165) is 6.54 Å². The van der Waals surface area contributed by atoms with Gasteiger partial charge in [-0.15, -0.1) is 0 Å². The number of carbonyl (C=O) groups is 1. The summed E-state index contributed by atoms with van der Waals surface area (Å²) in [7, 11) is 0. The molecule has 0 spiro atoms. The predicted molar refractivity (Wildman–Crippen MR) is 60.4 cm³/mol. The Morgan fingerprint density at radius 1 is 1.44 bits per heavy atom. The molecule has 0 aliphatic carbocycles. The molecule has 0 aromatic heterocycles. The van der Waals surface area contributed by atoms with Crippen LogP contribution in [-0.2, 0) is 4.74 Å². The lowest BCUT2D eigenvalue weighted by Gasteiger charge is -2.22. The number of carbonyl (C=O) groups excluding carboxylic acids is 1. The highest BCUT2D eigenvalue weighted by Gasteiger charge is 2.15. The molecule has 1 radical (unpaired) electrons. The molecule has 1 aliphatic heterocycles. The third-order valence-electron chi connectivity index (χ3n) is 2.46. The molecular weight excluding hydrogens is 204 g/mol. The SMILES string of the molecule is O=C(NCC1C[N]CCO1)c1ccccc1. The molecule has 16 heavy (non-hydrogen) atoms. The van der Waals surface area contributed by atoms with Gasteiger partial charge in [0.2, 0.25) is 0 Å². The molecule has 1 N–H and O–H groups in total. The van der Waals surface area contributed by atoms with Crippen LogP contribution in [-0.4, -0.2) is 38.3 Å². The van der Waals surface area contributed by atoms with Gasteiger partial charge >= 0.3 is 0 Å². The molecule has 4 nitrogen and oxygen atoms in total. The van der Waals surface area contributed by atoms with Crippen LogP contribution in [0.25, 0.3) is 0 Å². The quantitative estimate of drug-likeness (QED) is 0.801. The summed E-state index contributed by atoms with van der Waals surface area (Å²) in [5.41, 5.74) is 0.676. The lowest BCUT2D eigenvalue weighted by Crippen LogP contribution is -2.42. The highest BCUT2D eigenvalue weighted by atomic mass is 16.5. The number of rotatable bonds is 3. The Morgan fingerprint density at radius 2 is 2.25 bits per heavy atom. The summed E-state index contributed by atoms with van der Waals surface area (Å²) in [6.07, 6.45) is 0.0291. The van der Waals surface area contributed by atoms with Crippen LogP contribution in [0.1, 0.15) is 10.4 Å². The van der Waals surface area contributed by atoms with Crippen LogP contribution in [0.15, 0.2) is 30.3 Å². The topological polar surface area (TPSA) is 52.4 Å². The van der Waals surface area contributed by atoms with E-state index in [0.29, 0.717) is 25.3 Å². The first-order valence-corrected chi connectivity index (χ1v) is 5.44. The minimum atomic E-state index is -0.0604. The Morgan fingerprint density at radius 3 is 2.94 bits per heavy atom. The molecule has 1 amide bonds. The Labute approximate surface area is 95.0 Å². The minimum absolute atomic E-state index is 0.0291. The fraction of sp³-hybridized carbons (Fsp3) is 0.417. The zero-order valence-corrected chi connectivity index (χ0v) is 9.06. The molecule has 1 aromatic carbocycles. The number of amides is 1. The second kappa shape index (κ2) is 5.63. The number of nitrogens with one attached hydrogen (secondary N) is 1. The van der Waals surface area contributed by atoms with Gasteiger partial charge in [0.05, 0.1) is 12.7 Å². The Hall–Kier alpha value is -1.39. The van der Waals surface area contributed by atoms with Gasteiger partial charge in [-0.1, -0.05) is 18.2 Å². The zero-order chi connectivity index (χ0) is 11.2. The van der Waals surface area contributed by atoms with Crippen molar-refractivity contribution in [1.82, 2.24) is 10.6 Å². The van der Waals surface area contributed by atoms with Crippen molar-refractivity contribution in [2.24, 2.45) is 0 Å². The highest BCUT2D eigenvalue weighted by molar-refractivity contribution is 5.94. The van der Waals surface area contributed by atoms with Gasteiger partial charge in [0, 0.05) is 25.2 Å². The van der Waals surface area contributed by atoms with Crippen LogP contribution in [0.2, 0.25) is 0 Å². The van der Waals surface area contributed by atoms with Crippen molar-refractivity contribution in [1.29, 1.82) is 0 Å². The monoisotopic (exact) mass is 219 g/mol. The minimum Gasteiger partial charge on any atom is -0.374 e. The van der Waals surface area contributed by atoms with Crippen LogP contribution in [0.4, 0.5) is 0 Å². The van der Waals surface area contributed by atoms with Gasteiger partial charge in [0.25, 0.3) is 5.91 Å². The van der Waals surface area contributed by atoms with Crippen molar-refractivity contribution >= 4 is 5.91 Å². The molecule has 1 heterocycles. The number of morpholine rings is 1. The second-order valence-corrected chi connectivity index (χ2v) is 3.70. The van der Waals surface area contributed by atoms with Crippen molar-refractivity contribution in [3.05, 3.63) is 35.9 Å². The summed E-state index contributed by atoms with van der Waals surface area (Å²) in [4.78, 5) is 11.7. The van der Waals surface area contributed by atoms with Crippen molar-refractivity contribution < 1.29 is 9.53 Å². The normalized spacial score (nSPS) is 20.4. The fourth-order valence-corrected chi connectivity index (χ4v) is 1.59. The first kappa shape index (κ1) is 11.1. The number of ether oxygens (including phenoxy) is 1. The smallest absolute Gasteiger partial charge is 0.251 e. The van der Waals surface area contributed by atoms with Crippen molar-refractivity contribution in [2.45, 2.75) is 6.10 Å². The third kappa shape index (κ3) is 3.05. The number of benzene rings is 1. The summed E-state index contributed by atoms with van der Waals surface area (Å²) in [6, 6.07) is 9.17. The lowest BCUT2D eigenvalue weighted by atomic mass is 10.2. The zero-order valence-electron chi connectivity index (χ0n) is 9.06. The van der Waals surface area contributed by atoms with Crippen LogP contribution in [0, 0.1) is 0 Å². The lowest BCUT2D eigenvalue weighted by molar-refractivity contribution is 0.0272. The Kier molecular flexibility index (Phi) is 3.91. The van der Waals surface area contributed by atoms with E-state index in [-0.39, 0.29) is 12.0 Å². The molecule has 2 rings (SSSR count). The van der Waals surface area contributed by atoms with E-state index in [1.807, 2.05) is 18.2 Å². The van der Waals surface area contributed by atoms with Crippen molar-refractivity contribution in [2.75, 3.05) is 26.2 Å². The molecule has 1 aliphatic rings. The molecule has 0 saturated carbocycles. The van der Waals surface area contributed by atoms with Gasteiger partial charge < -0.3 is 10.1 Å². The van der Waals surface area contributed by atoms with Gasteiger partial charge in [-0.25, -0.2) is 5.32 Å². The second-order valence-electron chi connectivity index (χ2n) is 3.70. The summed E-state index contributed by atoms with van der Waals surface area (Å²) in [6.45, 7) is 2.63. The Balaban J connectivity index is 1.79. The average molecular weight is 219 g/mol. The van der Waals surface area contributed by atoms with Crippen LogP contribution in [0.3, 0.4) is 0 Å². The Bertz CT molecular complexity index is 334. The standard InChI is InChI=1S/C12H15N2O2/c15-12(10-4-2-1-3-5-10)14-9-11-8-13-6-7-16-11/h1-5,11H,6-9H2,(H,14,15). The van der Waals surface area contributed by atoms with Crippen LogP contribution >= 0.6 is 0 Å². The van der Waals surface area contributed by atoms with Crippen molar-refractivity contribution in [3.63, 3.8) is 0 Å². The maximum Gasteiger partial charge on any atom is 0.251 e. The van der Waals surface area contributed by atoms with Gasteiger partial charge in [-0.3, -0.25) is 4.79 Å². The van der Waals surface area contributed by atoms with Crippen LogP contribution in [0.5, 0.6) is 0 Å². The molecule has 1 saturated heterocycles. The molecule has 1 aromatic rings. The maximum atomic E-state index is 11.7. The van der Waals surface area contributed by atoms with E-state index in [9.17, 15) is 4.79 Å². The fourth-order valence-electron chi connectivity index (χ4n) is 1.59. The number of hydrogen-bond donors (Lipinski definition) is 1. The van der Waals surface area contributed by atoms with Gasteiger partial charge in [0.1, 0.15) is 0 Å². The van der Waals surface area contributed by atoms with E-state index in [2.05, 4.69) is 10.6 Å². The molecule has 1 unspecified atom stereocenters. The summed E-state index contributed by atoms with van der Waals surface area (Å²) >= 11 is 0. The maximum absolute atomic E-state index is 11.7.